The van der Waals surface area contributed by atoms with Gasteiger partial charge < -0.3 is 20.3 Å². The fourth-order valence-corrected chi connectivity index (χ4v) is 4.95. The van der Waals surface area contributed by atoms with Crippen molar-refractivity contribution in [2.24, 2.45) is 0 Å². The summed E-state index contributed by atoms with van der Waals surface area (Å²) in [7, 11) is 0. The van der Waals surface area contributed by atoms with E-state index in [1.807, 2.05) is 13.0 Å². The maximum atomic E-state index is 13.3. The number of aromatic amines is 1. The van der Waals surface area contributed by atoms with E-state index in [1.165, 1.54) is 24.3 Å². The van der Waals surface area contributed by atoms with Crippen LogP contribution in [0.15, 0.2) is 79.1 Å². The molecule has 11 heteroatoms. The van der Waals surface area contributed by atoms with E-state index in [-0.39, 0.29) is 23.7 Å². The van der Waals surface area contributed by atoms with E-state index in [0.717, 1.165) is 18.4 Å². The van der Waals surface area contributed by atoms with E-state index in [2.05, 4.69) is 30.8 Å². The standard InChI is InChI=1S/C31H28FN7O3/c1-19-12-14-33-26(17-19)36-30(40)20-6-10-24(11-7-20)42-25-13-15-34-28-27(25)29(38-37-28)35-23-3-2-16-39(18-23)31(41)21-4-8-22(32)9-5-21/h4-15,17,23H,2-3,16,18H2,1H3,(H,33,36,40)(H2,34,35,37,38). The number of benzene rings is 2. The Morgan fingerprint density at radius 2 is 1.76 bits per heavy atom. The van der Waals surface area contributed by atoms with Crippen LogP contribution in [0.5, 0.6) is 11.5 Å². The first kappa shape index (κ1) is 26.9. The van der Waals surface area contributed by atoms with E-state index in [9.17, 15) is 14.0 Å². The molecule has 0 spiro atoms. The summed E-state index contributed by atoms with van der Waals surface area (Å²) < 4.78 is 19.5. The molecule has 1 unspecified atom stereocenters. The van der Waals surface area contributed by atoms with Crippen molar-refractivity contribution in [2.45, 2.75) is 25.8 Å². The van der Waals surface area contributed by atoms with Crippen molar-refractivity contribution in [3.63, 3.8) is 0 Å². The van der Waals surface area contributed by atoms with Gasteiger partial charge in [0.1, 0.15) is 28.5 Å². The molecule has 1 fully saturated rings. The highest BCUT2D eigenvalue weighted by Crippen LogP contribution is 2.33. The number of likely N-dealkylation sites (tertiary alicyclic amines) is 1. The van der Waals surface area contributed by atoms with Gasteiger partial charge in [-0.2, -0.15) is 5.10 Å². The van der Waals surface area contributed by atoms with Gasteiger partial charge in [-0.3, -0.25) is 14.7 Å². The molecule has 42 heavy (non-hydrogen) atoms. The van der Waals surface area contributed by atoms with E-state index in [4.69, 9.17) is 4.74 Å². The highest BCUT2D eigenvalue weighted by Gasteiger charge is 2.26. The van der Waals surface area contributed by atoms with E-state index >= 15 is 0 Å². The largest absolute Gasteiger partial charge is 0.456 e. The van der Waals surface area contributed by atoms with Crippen LogP contribution >= 0.6 is 0 Å². The number of H-pyrrole nitrogens is 1. The molecule has 6 rings (SSSR count). The molecule has 1 aliphatic rings. The molecule has 5 aromatic rings. The average Bonchev–Trinajstić information content (AvgIpc) is 3.41. The third kappa shape index (κ3) is 5.90. The minimum atomic E-state index is -0.376. The van der Waals surface area contributed by atoms with Gasteiger partial charge in [0.25, 0.3) is 11.8 Å². The van der Waals surface area contributed by atoms with Gasteiger partial charge in [0.2, 0.25) is 0 Å². The summed E-state index contributed by atoms with van der Waals surface area (Å²) in [5.74, 6) is 1.34. The number of carbonyl (C=O) groups excluding carboxylic acids is 2. The van der Waals surface area contributed by atoms with Crippen LogP contribution < -0.4 is 15.4 Å². The Hall–Kier alpha value is -5.32. The monoisotopic (exact) mass is 565 g/mol. The zero-order valence-corrected chi connectivity index (χ0v) is 22.8. The zero-order valence-electron chi connectivity index (χ0n) is 22.8. The Kier molecular flexibility index (Phi) is 7.46. The summed E-state index contributed by atoms with van der Waals surface area (Å²) in [6.07, 6.45) is 4.93. The van der Waals surface area contributed by atoms with Crippen molar-refractivity contribution in [3.05, 3.63) is 102 Å². The lowest BCUT2D eigenvalue weighted by Gasteiger charge is -2.33. The number of fused-ring (bicyclic) bond motifs is 1. The molecule has 212 valence electrons. The van der Waals surface area contributed by atoms with Crippen molar-refractivity contribution in [2.75, 3.05) is 23.7 Å². The molecule has 0 saturated carbocycles. The number of amides is 2. The normalized spacial score (nSPS) is 14.9. The SMILES string of the molecule is Cc1ccnc(NC(=O)c2ccc(Oc3ccnc4[nH]nc(NC5CCCN(C(=O)c6ccc(F)cc6)C5)c34)cc2)c1. The molecule has 3 aromatic heterocycles. The van der Waals surface area contributed by atoms with Crippen molar-refractivity contribution in [1.29, 1.82) is 0 Å². The maximum Gasteiger partial charge on any atom is 0.256 e. The molecule has 1 aliphatic heterocycles. The summed E-state index contributed by atoms with van der Waals surface area (Å²) in [4.78, 5) is 36.0. The second-order valence-corrected chi connectivity index (χ2v) is 10.1. The van der Waals surface area contributed by atoms with Gasteiger partial charge in [-0.25, -0.2) is 14.4 Å². The summed E-state index contributed by atoms with van der Waals surface area (Å²) in [5.41, 5.74) is 2.47. The van der Waals surface area contributed by atoms with Crippen LogP contribution in [-0.2, 0) is 0 Å². The first-order chi connectivity index (χ1) is 20.4. The maximum absolute atomic E-state index is 13.3. The predicted octanol–water partition coefficient (Wildman–Crippen LogP) is 5.56. The summed E-state index contributed by atoms with van der Waals surface area (Å²) in [6, 6.07) is 17.8. The number of piperidine rings is 1. The van der Waals surface area contributed by atoms with Gasteiger partial charge >= 0.3 is 0 Å². The number of nitrogens with one attached hydrogen (secondary N) is 3. The highest BCUT2D eigenvalue weighted by atomic mass is 19.1. The molecule has 1 atom stereocenters. The van der Waals surface area contributed by atoms with E-state index in [1.54, 1.807) is 53.7 Å². The second-order valence-electron chi connectivity index (χ2n) is 10.1. The lowest BCUT2D eigenvalue weighted by molar-refractivity contribution is 0.0714. The zero-order chi connectivity index (χ0) is 29.1. The number of rotatable bonds is 7. The van der Waals surface area contributed by atoms with Gasteiger partial charge in [0.15, 0.2) is 11.5 Å². The highest BCUT2D eigenvalue weighted by molar-refractivity contribution is 6.03. The number of hydrogen-bond donors (Lipinski definition) is 3. The summed E-state index contributed by atoms with van der Waals surface area (Å²) in [6.45, 7) is 3.03. The summed E-state index contributed by atoms with van der Waals surface area (Å²) in [5, 5.41) is 14.3. The molecule has 0 aliphatic carbocycles. The number of carbonyl (C=O) groups is 2. The van der Waals surface area contributed by atoms with Crippen LogP contribution in [0.4, 0.5) is 16.0 Å². The lowest BCUT2D eigenvalue weighted by Crippen LogP contribution is -2.45. The number of halogens is 1. The Balaban J connectivity index is 1.15. The van der Waals surface area contributed by atoms with Gasteiger partial charge in [0.05, 0.1) is 0 Å². The molecule has 4 heterocycles. The Labute approximate surface area is 240 Å². The Morgan fingerprint density at radius 3 is 2.55 bits per heavy atom. The van der Waals surface area contributed by atoms with Gasteiger partial charge in [-0.1, -0.05) is 0 Å². The van der Waals surface area contributed by atoms with Gasteiger partial charge in [0, 0.05) is 48.7 Å². The van der Waals surface area contributed by atoms with Gasteiger partial charge in [-0.05, 0) is 86.0 Å². The number of aryl methyl sites for hydroxylation is 1. The third-order valence-corrected chi connectivity index (χ3v) is 7.07. The molecule has 0 radical (unpaired) electrons. The number of anilines is 2. The van der Waals surface area contributed by atoms with Crippen molar-refractivity contribution < 1.29 is 18.7 Å². The van der Waals surface area contributed by atoms with Crippen LogP contribution in [0, 0.1) is 12.7 Å². The second kappa shape index (κ2) is 11.7. The number of hydrogen-bond acceptors (Lipinski definition) is 7. The first-order valence-electron chi connectivity index (χ1n) is 13.6. The van der Waals surface area contributed by atoms with Crippen LogP contribution in [0.3, 0.4) is 0 Å². The van der Waals surface area contributed by atoms with E-state index in [0.29, 0.717) is 58.4 Å². The topological polar surface area (TPSA) is 125 Å². The van der Waals surface area contributed by atoms with E-state index < -0.39 is 0 Å². The predicted molar refractivity (Wildman–Crippen MR) is 156 cm³/mol. The van der Waals surface area contributed by atoms with Crippen LogP contribution in [0.1, 0.15) is 39.1 Å². The van der Waals surface area contributed by atoms with Crippen LogP contribution in [0.25, 0.3) is 11.0 Å². The minimum Gasteiger partial charge on any atom is -0.456 e. The quantitative estimate of drug-likeness (QED) is 0.236. The van der Waals surface area contributed by atoms with Crippen molar-refractivity contribution >= 4 is 34.5 Å². The van der Waals surface area contributed by atoms with Crippen LogP contribution in [-0.4, -0.2) is 56.0 Å². The summed E-state index contributed by atoms with van der Waals surface area (Å²) >= 11 is 0. The lowest BCUT2D eigenvalue weighted by atomic mass is 10.0. The fraction of sp³-hybridized carbons (Fsp3) is 0.194. The molecule has 3 N–H and O–H groups in total. The number of ether oxygens (including phenoxy) is 1. The number of aromatic nitrogens is 4. The number of nitrogens with zero attached hydrogens (tertiary/aromatic N) is 4. The Bertz CT molecular complexity index is 1740. The first-order valence-corrected chi connectivity index (χ1v) is 13.6. The molecule has 2 aromatic carbocycles. The molecule has 0 bridgehead atoms. The third-order valence-electron chi connectivity index (χ3n) is 7.07. The smallest absolute Gasteiger partial charge is 0.256 e. The molecule has 2 amide bonds. The molecular formula is C31H28FN7O3. The molecular weight excluding hydrogens is 537 g/mol. The van der Waals surface area contributed by atoms with Crippen LogP contribution in [0.2, 0.25) is 0 Å². The molecule has 1 saturated heterocycles. The fourth-order valence-electron chi connectivity index (χ4n) is 4.95. The van der Waals surface area contributed by atoms with Crippen molar-refractivity contribution in [3.8, 4) is 11.5 Å². The number of pyridine rings is 2. The Morgan fingerprint density at radius 1 is 1.00 bits per heavy atom. The average molecular weight is 566 g/mol. The van der Waals surface area contributed by atoms with Gasteiger partial charge in [-0.15, -0.1) is 0 Å². The minimum absolute atomic E-state index is 0.0524. The van der Waals surface area contributed by atoms with Crippen molar-refractivity contribution in [1.82, 2.24) is 25.1 Å². The molecule has 10 nitrogen and oxygen atoms in total.